The second-order valence-electron chi connectivity index (χ2n) is 14.6. The van der Waals surface area contributed by atoms with Gasteiger partial charge in [-0.25, -0.2) is 0 Å². The van der Waals surface area contributed by atoms with Crippen LogP contribution in [0.4, 0.5) is 39.5 Å². The van der Waals surface area contributed by atoms with Gasteiger partial charge in [-0.05, 0) is 69.3 Å². The number of hydrogen-bond donors (Lipinski definition) is 0. The Hall–Kier alpha value is -2.71. The van der Waals surface area contributed by atoms with Gasteiger partial charge in [0.15, 0.2) is 0 Å². The molecule has 0 bridgehead atoms. The topological polar surface area (TPSA) is 46.9 Å². The maximum Gasteiger partial charge on any atom is 0.486 e. The van der Waals surface area contributed by atoms with Crippen LogP contribution in [-0.2, 0) is 26.4 Å². The summed E-state index contributed by atoms with van der Waals surface area (Å²) in [5.74, 6) is -14.9. The highest BCUT2D eigenvalue weighted by atomic mass is 32.3. The van der Waals surface area contributed by atoms with Crippen LogP contribution < -0.4 is 0 Å². The van der Waals surface area contributed by atoms with Crippen molar-refractivity contribution in [2.75, 3.05) is 0 Å². The summed E-state index contributed by atoms with van der Waals surface area (Å²) in [5.41, 5.74) is 0.739. The highest BCUT2D eigenvalue weighted by molar-refractivity contribution is 8.32. The molecule has 0 radical (unpaired) electrons. The van der Waals surface area contributed by atoms with Crippen molar-refractivity contribution in [2.24, 2.45) is 0 Å². The van der Waals surface area contributed by atoms with Crippen molar-refractivity contribution < 1.29 is 51.6 Å². The zero-order valence-corrected chi connectivity index (χ0v) is 29.5. The Morgan fingerprint density at radius 1 is 0.438 bits per heavy atom. The molecule has 0 aliphatic carbocycles. The first-order valence-electron chi connectivity index (χ1n) is 14.7. The van der Waals surface area contributed by atoms with Crippen LogP contribution in [0.5, 0.6) is 0 Å². The molecule has 0 unspecified atom stereocenters. The van der Waals surface area contributed by atoms with Crippen molar-refractivity contribution in [1.82, 2.24) is 0 Å². The molecule has 0 heterocycles. The third-order valence-electron chi connectivity index (χ3n) is 7.83. The van der Waals surface area contributed by atoms with Crippen LogP contribution in [-0.4, -0.2) is 35.3 Å². The van der Waals surface area contributed by atoms with Crippen molar-refractivity contribution in [3.63, 3.8) is 0 Å². The average molecular weight is 732 g/mol. The Morgan fingerprint density at radius 3 is 0.896 bits per heavy atom. The van der Waals surface area contributed by atoms with E-state index in [1.54, 1.807) is 36.4 Å². The third-order valence-corrected chi connectivity index (χ3v) is 13.3. The molecule has 1 N–H and O–H groups in total. The fourth-order valence-corrected chi connectivity index (χ4v) is 10.2. The van der Waals surface area contributed by atoms with Crippen LogP contribution in [0.2, 0.25) is 0 Å². The Labute approximate surface area is 277 Å². The molecule has 0 atom stereocenters. The fraction of sp³-hybridized carbons (Fsp3) is 0.471. The first-order valence-corrected chi connectivity index (χ1v) is 17.7. The van der Waals surface area contributed by atoms with E-state index in [4.69, 9.17) is 0 Å². The molecule has 14 heteroatoms. The second kappa shape index (κ2) is 12.3. The van der Waals surface area contributed by atoms with E-state index in [0.717, 1.165) is 0 Å². The summed E-state index contributed by atoms with van der Waals surface area (Å²) in [6.07, 6.45) is -7.21. The lowest BCUT2D eigenvalue weighted by Gasteiger charge is -2.38. The predicted octanol–water partition coefficient (Wildman–Crippen LogP) is 11.6. The van der Waals surface area contributed by atoms with E-state index in [0.29, 0.717) is 16.7 Å². The molecule has 0 fully saturated rings. The first-order chi connectivity index (χ1) is 21.3. The molecule has 0 spiro atoms. The van der Waals surface area contributed by atoms with Gasteiger partial charge in [-0.1, -0.05) is 98.7 Å². The lowest BCUT2D eigenvalue weighted by atomic mass is 9.87. The largest absolute Gasteiger partial charge is 0.486 e. The number of rotatable bonds is 8. The van der Waals surface area contributed by atoms with E-state index in [9.17, 15) is 39.2 Å². The molecular formula is C34H40F9O3S2+. The molecule has 48 heavy (non-hydrogen) atoms. The van der Waals surface area contributed by atoms with Gasteiger partial charge in [-0.15, -0.1) is 8.42 Å². The zero-order valence-electron chi connectivity index (χ0n) is 27.9. The Kier molecular flexibility index (Phi) is 10.1. The molecule has 3 aromatic rings. The number of halogens is 9. The Balaban J connectivity index is 2.49. The van der Waals surface area contributed by atoms with E-state index in [1.165, 1.54) is 36.4 Å². The van der Waals surface area contributed by atoms with Crippen LogP contribution in [0.3, 0.4) is 0 Å². The van der Waals surface area contributed by atoms with Gasteiger partial charge in [0.25, 0.3) is 0 Å². The van der Waals surface area contributed by atoms with Gasteiger partial charge in [0.1, 0.15) is 0 Å². The van der Waals surface area contributed by atoms with Crippen LogP contribution in [0.15, 0.2) is 87.5 Å². The molecule has 268 valence electrons. The highest BCUT2D eigenvalue weighted by Gasteiger charge is 2.88. The number of alkyl halides is 9. The van der Waals surface area contributed by atoms with Gasteiger partial charge in [0.05, 0.1) is 25.0 Å². The lowest BCUT2D eigenvalue weighted by molar-refractivity contribution is -0.382. The van der Waals surface area contributed by atoms with E-state index in [-0.39, 0.29) is 14.7 Å². The van der Waals surface area contributed by atoms with Crippen molar-refractivity contribution in [3.05, 3.63) is 89.5 Å². The molecular weight excluding hydrogens is 691 g/mol. The maximum atomic E-state index is 15.3. The van der Waals surface area contributed by atoms with Gasteiger partial charge in [-0.2, -0.15) is 39.5 Å². The van der Waals surface area contributed by atoms with Crippen LogP contribution >= 0.6 is 10.3 Å². The summed E-state index contributed by atoms with van der Waals surface area (Å²) >= 11 is 0. The van der Waals surface area contributed by atoms with E-state index >= 15 is 8.78 Å². The van der Waals surface area contributed by atoms with Crippen molar-refractivity contribution in [1.29, 1.82) is 0 Å². The van der Waals surface area contributed by atoms with E-state index < -0.39 is 59.9 Å². The quantitative estimate of drug-likeness (QED) is 0.132. The summed E-state index contributed by atoms with van der Waals surface area (Å²) in [4.78, 5) is -0.228. The minimum atomic E-state index is -7.44. The summed E-state index contributed by atoms with van der Waals surface area (Å²) in [5, 5.41) is -7.00. The molecule has 0 amide bonds. The average Bonchev–Trinajstić information content (AvgIpc) is 2.94. The molecule has 0 aromatic heterocycles. The third kappa shape index (κ3) is 6.98. The van der Waals surface area contributed by atoms with Crippen molar-refractivity contribution in [2.45, 2.75) is 117 Å². The van der Waals surface area contributed by atoms with Gasteiger partial charge in [0, 0.05) is 0 Å². The molecule has 0 saturated carbocycles. The highest BCUT2D eigenvalue weighted by Crippen LogP contribution is 2.70. The minimum absolute atomic E-state index is 0.0761. The Bertz CT molecular complexity index is 1560. The van der Waals surface area contributed by atoms with Crippen molar-refractivity contribution >= 4 is 20.4 Å². The monoisotopic (exact) mass is 731 g/mol. The first kappa shape index (κ1) is 39.7. The standard InChI is InChI=1S/C34H39F9O3S2/c1-28(2,3)22-10-16-25(17-11-22)47(26-18-12-23(13-19-26)29(4,5)6,27-20-14-24(15-21-27)30(7,8)9)46-48(44,45)34(42,43)32(37,38)31(35,36)33(39,40)41/h10-21H,1-9H3/p+1. The van der Waals surface area contributed by atoms with Gasteiger partial charge in [0.2, 0.25) is 0 Å². The zero-order chi connectivity index (χ0) is 37.2. The van der Waals surface area contributed by atoms with E-state index in [1.807, 2.05) is 62.3 Å². The van der Waals surface area contributed by atoms with Crippen molar-refractivity contribution in [3.8, 4) is 0 Å². The lowest BCUT2D eigenvalue weighted by Crippen LogP contribution is -2.63. The number of hydrogen-bond acceptors (Lipinski definition) is 2. The molecule has 0 saturated heterocycles. The van der Waals surface area contributed by atoms with Gasteiger partial charge in [-0.3, -0.25) is 3.63 Å². The smallest absolute Gasteiger partial charge is 0.257 e. The molecule has 3 nitrogen and oxygen atoms in total. The van der Waals surface area contributed by atoms with Crippen LogP contribution in [0, 0.1) is 0 Å². The molecule has 3 aromatic carbocycles. The number of benzene rings is 3. The van der Waals surface area contributed by atoms with Crippen LogP contribution in [0.25, 0.3) is 0 Å². The SMILES string of the molecule is CC(C)(C)c1ccc(S([OH+]S(=O)(=O)C(F)(F)C(F)(F)C(F)(F)C(F)(F)F)(c2ccc(C(C)(C)C)cc2)c2ccc(C(C)(C)C)cc2)cc1. The van der Waals surface area contributed by atoms with E-state index in [2.05, 4.69) is 3.63 Å². The molecule has 0 aliphatic rings. The Morgan fingerprint density at radius 2 is 0.688 bits per heavy atom. The normalized spacial score (nSPS) is 15.0. The predicted molar refractivity (Wildman–Crippen MR) is 170 cm³/mol. The summed E-state index contributed by atoms with van der Waals surface area (Å²) in [6, 6.07) is 17.5. The summed E-state index contributed by atoms with van der Waals surface area (Å²) < 4.78 is 157. The minimum Gasteiger partial charge on any atom is -0.257 e. The summed E-state index contributed by atoms with van der Waals surface area (Å²) in [6.45, 7) is 16.7. The van der Waals surface area contributed by atoms with Gasteiger partial charge < -0.3 is 0 Å². The molecule has 0 aliphatic heterocycles. The van der Waals surface area contributed by atoms with Crippen LogP contribution in [0.1, 0.15) is 79.0 Å². The summed E-state index contributed by atoms with van der Waals surface area (Å²) in [7, 11) is -11.2. The maximum absolute atomic E-state index is 15.3. The van der Waals surface area contributed by atoms with Gasteiger partial charge >= 0.3 is 33.4 Å². The fourth-order valence-electron chi connectivity index (χ4n) is 4.71. The second-order valence-corrected chi connectivity index (χ2v) is 19.2. The molecule has 3 rings (SSSR count).